The van der Waals surface area contributed by atoms with Crippen molar-refractivity contribution in [2.45, 2.75) is 44.2 Å². The number of rotatable bonds is 4. The monoisotopic (exact) mass is 270 g/mol. The molecule has 1 aromatic heterocycles. The number of nitrogens with zero attached hydrogens (tertiary/aromatic N) is 1. The smallest absolute Gasteiger partial charge is 0.119 e. The Morgan fingerprint density at radius 2 is 2.20 bits per heavy atom. The number of ether oxygens (including phenoxy) is 1. The van der Waals surface area contributed by atoms with Gasteiger partial charge in [0, 0.05) is 29.2 Å². The van der Waals surface area contributed by atoms with Crippen LogP contribution in [0.4, 0.5) is 0 Å². The summed E-state index contributed by atoms with van der Waals surface area (Å²) in [5.41, 5.74) is 2.66. The first-order valence-electron chi connectivity index (χ1n) is 7.75. The van der Waals surface area contributed by atoms with Crippen LogP contribution in [0.3, 0.4) is 0 Å². The number of likely N-dealkylation sites (tertiary alicyclic amines) is 1. The molecular formula is C17H22N2O. The van der Waals surface area contributed by atoms with Crippen molar-refractivity contribution >= 4 is 10.9 Å². The highest BCUT2D eigenvalue weighted by molar-refractivity contribution is 5.84. The van der Waals surface area contributed by atoms with Crippen molar-refractivity contribution in [1.29, 1.82) is 0 Å². The van der Waals surface area contributed by atoms with Gasteiger partial charge in [-0.15, -0.1) is 0 Å². The molecule has 4 rings (SSSR count). The van der Waals surface area contributed by atoms with E-state index in [9.17, 15) is 0 Å². The molecule has 2 aliphatic rings. The van der Waals surface area contributed by atoms with Gasteiger partial charge in [0.1, 0.15) is 5.75 Å². The second-order valence-corrected chi connectivity index (χ2v) is 6.19. The molecule has 0 bridgehead atoms. The van der Waals surface area contributed by atoms with Gasteiger partial charge in [-0.2, -0.15) is 0 Å². The molecule has 1 aliphatic carbocycles. The topological polar surface area (TPSA) is 28.3 Å². The molecule has 1 aromatic carbocycles. The molecule has 1 atom stereocenters. The lowest BCUT2D eigenvalue weighted by molar-refractivity contribution is 0.242. The fourth-order valence-electron chi connectivity index (χ4n) is 3.67. The largest absolute Gasteiger partial charge is 0.497 e. The summed E-state index contributed by atoms with van der Waals surface area (Å²) in [7, 11) is 1.74. The molecule has 0 spiro atoms. The van der Waals surface area contributed by atoms with Gasteiger partial charge in [-0.25, -0.2) is 0 Å². The molecule has 3 heteroatoms. The van der Waals surface area contributed by atoms with Gasteiger partial charge in [0.15, 0.2) is 0 Å². The van der Waals surface area contributed by atoms with Crippen LogP contribution in [0.2, 0.25) is 0 Å². The van der Waals surface area contributed by atoms with Gasteiger partial charge in [-0.1, -0.05) is 0 Å². The van der Waals surface area contributed by atoms with Gasteiger partial charge in [-0.05, 0) is 62.4 Å². The number of aromatic nitrogens is 1. The Bertz CT molecular complexity index is 614. The summed E-state index contributed by atoms with van der Waals surface area (Å²) in [4.78, 5) is 6.15. The third-order valence-electron chi connectivity index (χ3n) is 4.87. The normalized spacial score (nSPS) is 23.6. The van der Waals surface area contributed by atoms with Crippen molar-refractivity contribution in [1.82, 2.24) is 9.88 Å². The second-order valence-electron chi connectivity index (χ2n) is 6.19. The zero-order valence-corrected chi connectivity index (χ0v) is 12.1. The lowest BCUT2D eigenvalue weighted by Crippen LogP contribution is -2.32. The van der Waals surface area contributed by atoms with E-state index >= 15 is 0 Å². The maximum atomic E-state index is 5.36. The average molecular weight is 270 g/mol. The predicted molar refractivity (Wildman–Crippen MR) is 81.3 cm³/mol. The van der Waals surface area contributed by atoms with Gasteiger partial charge >= 0.3 is 0 Å². The predicted octanol–water partition coefficient (Wildman–Crippen LogP) is 3.35. The Labute approximate surface area is 119 Å². The number of hydrogen-bond donors (Lipinski definition) is 1. The van der Waals surface area contributed by atoms with Gasteiger partial charge in [0.25, 0.3) is 0 Å². The molecule has 1 aliphatic heterocycles. The van der Waals surface area contributed by atoms with Gasteiger partial charge in [-0.3, -0.25) is 4.90 Å². The standard InChI is InChI=1S/C17H22N2O/c1-20-15-6-7-17-16(10-15)12(11-18-17)9-14-3-2-8-19(14)13-4-5-13/h6-7,10-11,13-14,18H,2-5,8-9H2,1H3/t14-/m1/s1. The minimum atomic E-state index is 0.743. The van der Waals surface area contributed by atoms with Crippen LogP contribution in [-0.4, -0.2) is 35.6 Å². The Hall–Kier alpha value is -1.48. The summed E-state index contributed by atoms with van der Waals surface area (Å²) in [6, 6.07) is 7.94. The lowest BCUT2D eigenvalue weighted by Gasteiger charge is -2.24. The van der Waals surface area contributed by atoms with E-state index in [-0.39, 0.29) is 0 Å². The van der Waals surface area contributed by atoms with E-state index in [1.165, 1.54) is 55.1 Å². The highest BCUT2D eigenvalue weighted by Crippen LogP contribution is 2.35. The first-order chi connectivity index (χ1) is 9.85. The van der Waals surface area contributed by atoms with Crippen LogP contribution in [0.5, 0.6) is 5.75 Å². The number of fused-ring (bicyclic) bond motifs is 1. The second kappa shape index (κ2) is 4.81. The first-order valence-corrected chi connectivity index (χ1v) is 7.75. The number of aromatic amines is 1. The summed E-state index contributed by atoms with van der Waals surface area (Å²) in [5.74, 6) is 0.948. The van der Waals surface area contributed by atoms with Crippen molar-refractivity contribution in [3.63, 3.8) is 0 Å². The van der Waals surface area contributed by atoms with Gasteiger partial charge < -0.3 is 9.72 Å². The minimum Gasteiger partial charge on any atom is -0.497 e. The molecule has 0 radical (unpaired) electrons. The summed E-state index contributed by atoms with van der Waals surface area (Å²) in [6.45, 7) is 1.31. The van der Waals surface area contributed by atoms with Crippen LogP contribution in [0.1, 0.15) is 31.2 Å². The van der Waals surface area contributed by atoms with Crippen LogP contribution in [0, 0.1) is 0 Å². The van der Waals surface area contributed by atoms with Gasteiger partial charge in [0.05, 0.1) is 7.11 Å². The molecule has 2 fully saturated rings. The van der Waals surface area contributed by atoms with Crippen molar-refractivity contribution < 1.29 is 4.74 Å². The Balaban J connectivity index is 1.61. The van der Waals surface area contributed by atoms with Crippen LogP contribution in [-0.2, 0) is 6.42 Å². The molecular weight excluding hydrogens is 248 g/mol. The number of nitrogens with one attached hydrogen (secondary N) is 1. The molecule has 1 N–H and O–H groups in total. The number of methoxy groups -OCH3 is 1. The molecule has 106 valence electrons. The maximum Gasteiger partial charge on any atom is 0.119 e. The van der Waals surface area contributed by atoms with Crippen molar-refractivity contribution in [2.75, 3.05) is 13.7 Å². The van der Waals surface area contributed by atoms with Crippen LogP contribution in [0.15, 0.2) is 24.4 Å². The van der Waals surface area contributed by atoms with E-state index in [1.807, 2.05) is 6.07 Å². The van der Waals surface area contributed by atoms with Crippen molar-refractivity contribution in [3.8, 4) is 5.75 Å². The fourth-order valence-corrected chi connectivity index (χ4v) is 3.67. The molecule has 1 saturated heterocycles. The molecule has 0 amide bonds. The van der Waals surface area contributed by atoms with E-state index < -0.39 is 0 Å². The Kier molecular flexibility index (Phi) is 2.95. The van der Waals surface area contributed by atoms with Crippen LogP contribution in [0.25, 0.3) is 10.9 Å². The highest BCUT2D eigenvalue weighted by atomic mass is 16.5. The number of hydrogen-bond acceptors (Lipinski definition) is 2. The summed E-state index contributed by atoms with van der Waals surface area (Å²) in [6.07, 6.45) is 8.91. The minimum absolute atomic E-state index is 0.743. The zero-order chi connectivity index (χ0) is 13.5. The number of H-pyrrole nitrogens is 1. The van der Waals surface area contributed by atoms with Crippen molar-refractivity contribution in [3.05, 3.63) is 30.0 Å². The summed E-state index contributed by atoms with van der Waals surface area (Å²) < 4.78 is 5.36. The summed E-state index contributed by atoms with van der Waals surface area (Å²) in [5, 5.41) is 1.33. The Morgan fingerprint density at radius 1 is 1.30 bits per heavy atom. The van der Waals surface area contributed by atoms with Crippen LogP contribution >= 0.6 is 0 Å². The highest BCUT2D eigenvalue weighted by Gasteiger charge is 2.36. The third kappa shape index (κ3) is 2.10. The molecule has 1 saturated carbocycles. The zero-order valence-electron chi connectivity index (χ0n) is 12.1. The third-order valence-corrected chi connectivity index (χ3v) is 4.87. The summed E-state index contributed by atoms with van der Waals surface area (Å²) >= 11 is 0. The van der Waals surface area contributed by atoms with Crippen LogP contribution < -0.4 is 4.74 Å². The lowest BCUT2D eigenvalue weighted by atomic mass is 10.0. The molecule has 2 aromatic rings. The van der Waals surface area contributed by atoms with Crippen molar-refractivity contribution in [2.24, 2.45) is 0 Å². The van der Waals surface area contributed by atoms with E-state index in [1.54, 1.807) is 7.11 Å². The quantitative estimate of drug-likeness (QED) is 0.923. The number of benzene rings is 1. The Morgan fingerprint density at radius 3 is 3.00 bits per heavy atom. The molecule has 0 unspecified atom stereocenters. The average Bonchev–Trinajstić information content (AvgIpc) is 3.10. The van der Waals surface area contributed by atoms with E-state index in [0.29, 0.717) is 0 Å². The maximum absolute atomic E-state index is 5.36. The van der Waals surface area contributed by atoms with E-state index in [0.717, 1.165) is 17.8 Å². The van der Waals surface area contributed by atoms with E-state index in [2.05, 4.69) is 28.2 Å². The molecule has 3 nitrogen and oxygen atoms in total. The molecule has 2 heterocycles. The van der Waals surface area contributed by atoms with Gasteiger partial charge in [0.2, 0.25) is 0 Å². The SMILES string of the molecule is COc1ccc2[nH]cc(C[C@H]3CCCN3C3CC3)c2c1. The fraction of sp³-hybridized carbons (Fsp3) is 0.529. The molecule has 20 heavy (non-hydrogen) atoms. The first kappa shape index (κ1) is 12.3. The van der Waals surface area contributed by atoms with E-state index in [4.69, 9.17) is 4.74 Å².